The third-order valence-corrected chi connectivity index (χ3v) is 3.78. The lowest BCUT2D eigenvalue weighted by Gasteiger charge is -2.16. The van der Waals surface area contributed by atoms with Gasteiger partial charge in [0.2, 0.25) is 11.8 Å². The summed E-state index contributed by atoms with van der Waals surface area (Å²) in [6.07, 6.45) is -0.565. The molecule has 1 atom stereocenters. The second kappa shape index (κ2) is 8.49. The summed E-state index contributed by atoms with van der Waals surface area (Å²) in [4.78, 5) is 35.1. The van der Waals surface area contributed by atoms with E-state index >= 15 is 0 Å². The zero-order valence-electron chi connectivity index (χ0n) is 14.6. The molecule has 2 amide bonds. The third kappa shape index (κ3) is 5.32. The first-order valence-corrected chi connectivity index (χ1v) is 8.29. The van der Waals surface area contributed by atoms with Crippen molar-refractivity contribution < 1.29 is 19.1 Å². The van der Waals surface area contributed by atoms with Crippen LogP contribution in [0.5, 0.6) is 0 Å². The molecule has 0 aliphatic carbocycles. The van der Waals surface area contributed by atoms with Gasteiger partial charge >= 0.3 is 5.97 Å². The Bertz CT molecular complexity index is 817. The van der Waals surface area contributed by atoms with Gasteiger partial charge < -0.3 is 15.4 Å². The summed E-state index contributed by atoms with van der Waals surface area (Å²) in [6.45, 7) is 4.41. The van der Waals surface area contributed by atoms with Crippen molar-refractivity contribution in [3.05, 3.63) is 58.6 Å². The summed E-state index contributed by atoms with van der Waals surface area (Å²) in [7, 11) is 0. The molecule has 7 heteroatoms. The Morgan fingerprint density at radius 2 is 1.50 bits per heavy atom. The molecular formula is C19H19ClN2O4. The molecule has 0 aliphatic rings. The summed E-state index contributed by atoms with van der Waals surface area (Å²) in [6, 6.07) is 11.6. The minimum Gasteiger partial charge on any atom is -0.454 e. The van der Waals surface area contributed by atoms with Crippen molar-refractivity contribution in [3.8, 4) is 0 Å². The van der Waals surface area contributed by atoms with E-state index in [9.17, 15) is 14.4 Å². The van der Waals surface area contributed by atoms with Gasteiger partial charge in [-0.05, 0) is 31.2 Å². The van der Waals surface area contributed by atoms with Crippen LogP contribution < -0.4 is 10.6 Å². The van der Waals surface area contributed by atoms with Crippen LogP contribution in [0.4, 0.5) is 11.4 Å². The molecule has 2 aromatic rings. The molecule has 2 N–H and O–H groups in total. The summed E-state index contributed by atoms with van der Waals surface area (Å²) in [5.41, 5.74) is 1.63. The average Bonchev–Trinajstić information content (AvgIpc) is 2.53. The van der Waals surface area contributed by atoms with Crippen molar-refractivity contribution in [3.63, 3.8) is 0 Å². The van der Waals surface area contributed by atoms with Gasteiger partial charge in [-0.15, -0.1) is 0 Å². The highest BCUT2D eigenvalue weighted by atomic mass is 35.5. The predicted octanol–water partition coefficient (Wildman–Crippen LogP) is 4.17. The van der Waals surface area contributed by atoms with Crippen LogP contribution in [-0.4, -0.2) is 17.8 Å². The van der Waals surface area contributed by atoms with Crippen molar-refractivity contribution in [2.24, 2.45) is 0 Å². The third-order valence-electron chi connectivity index (χ3n) is 3.44. The van der Waals surface area contributed by atoms with Gasteiger partial charge in [-0.2, -0.15) is 0 Å². The Kier molecular flexibility index (Phi) is 6.36. The molecule has 0 saturated heterocycles. The topological polar surface area (TPSA) is 84.5 Å². The largest absolute Gasteiger partial charge is 0.454 e. The molecule has 0 spiro atoms. The fraction of sp³-hybridized carbons (Fsp3) is 0.211. The summed E-state index contributed by atoms with van der Waals surface area (Å²) < 4.78 is 5.47. The molecular weight excluding hydrogens is 356 g/mol. The highest BCUT2D eigenvalue weighted by molar-refractivity contribution is 6.31. The standard InChI is InChI=1S/C19H19ClN2O4/c1-11(17-6-4-5-7-18(17)20)26-19(25)14-8-15(21-12(2)23)10-16(9-14)22-13(3)24/h4-11H,1-3H3,(H,21,23)(H,22,24). The summed E-state index contributed by atoms with van der Waals surface area (Å²) in [5.74, 6) is -1.20. The van der Waals surface area contributed by atoms with Gasteiger partial charge in [-0.25, -0.2) is 4.79 Å². The SMILES string of the molecule is CC(=O)Nc1cc(NC(C)=O)cc(C(=O)OC(C)c2ccccc2Cl)c1. The number of ether oxygens (including phenoxy) is 1. The quantitative estimate of drug-likeness (QED) is 0.769. The number of benzene rings is 2. The molecule has 1 unspecified atom stereocenters. The second-order valence-electron chi connectivity index (χ2n) is 5.73. The van der Waals surface area contributed by atoms with Gasteiger partial charge in [0, 0.05) is 35.8 Å². The molecule has 0 aromatic heterocycles. The van der Waals surface area contributed by atoms with E-state index in [-0.39, 0.29) is 17.4 Å². The van der Waals surface area contributed by atoms with Gasteiger partial charge in [0.15, 0.2) is 0 Å². The van der Waals surface area contributed by atoms with Crippen LogP contribution in [0.15, 0.2) is 42.5 Å². The highest BCUT2D eigenvalue weighted by Gasteiger charge is 2.17. The number of esters is 1. The zero-order chi connectivity index (χ0) is 19.3. The van der Waals surface area contributed by atoms with E-state index in [0.29, 0.717) is 22.0 Å². The molecule has 6 nitrogen and oxygen atoms in total. The first-order chi connectivity index (χ1) is 12.3. The molecule has 26 heavy (non-hydrogen) atoms. The Balaban J connectivity index is 2.27. The van der Waals surface area contributed by atoms with Crippen LogP contribution in [0.2, 0.25) is 5.02 Å². The number of hydrogen-bond acceptors (Lipinski definition) is 4. The number of anilines is 2. The smallest absolute Gasteiger partial charge is 0.338 e. The average molecular weight is 375 g/mol. The van der Waals surface area contributed by atoms with E-state index < -0.39 is 12.1 Å². The van der Waals surface area contributed by atoms with E-state index in [0.717, 1.165) is 0 Å². The van der Waals surface area contributed by atoms with E-state index in [4.69, 9.17) is 16.3 Å². The number of carbonyl (C=O) groups excluding carboxylic acids is 3. The fourth-order valence-corrected chi connectivity index (χ4v) is 2.68. The Labute approximate surface area is 156 Å². The Hall–Kier alpha value is -2.86. The van der Waals surface area contributed by atoms with Crippen molar-refractivity contribution >= 4 is 40.8 Å². The van der Waals surface area contributed by atoms with Crippen LogP contribution >= 0.6 is 11.6 Å². The Morgan fingerprint density at radius 3 is 2.00 bits per heavy atom. The lowest BCUT2D eigenvalue weighted by atomic mass is 10.1. The van der Waals surface area contributed by atoms with Gasteiger partial charge in [0.05, 0.1) is 5.56 Å². The maximum Gasteiger partial charge on any atom is 0.338 e. The van der Waals surface area contributed by atoms with E-state index in [1.807, 2.05) is 0 Å². The van der Waals surface area contributed by atoms with Crippen molar-refractivity contribution in [1.82, 2.24) is 0 Å². The monoisotopic (exact) mass is 374 g/mol. The number of amides is 2. The summed E-state index contributed by atoms with van der Waals surface area (Å²) in [5, 5.41) is 5.68. The number of rotatable bonds is 5. The van der Waals surface area contributed by atoms with Gasteiger partial charge in [0.25, 0.3) is 0 Å². The van der Waals surface area contributed by atoms with Crippen LogP contribution in [-0.2, 0) is 14.3 Å². The van der Waals surface area contributed by atoms with Crippen molar-refractivity contribution in [2.45, 2.75) is 26.9 Å². The number of hydrogen-bond donors (Lipinski definition) is 2. The van der Waals surface area contributed by atoms with E-state index in [1.54, 1.807) is 37.3 Å². The molecule has 0 fully saturated rings. The maximum absolute atomic E-state index is 12.5. The summed E-state index contributed by atoms with van der Waals surface area (Å²) >= 11 is 6.13. The van der Waals surface area contributed by atoms with E-state index in [1.165, 1.54) is 26.0 Å². The fourth-order valence-electron chi connectivity index (χ4n) is 2.39. The molecule has 0 heterocycles. The molecule has 2 rings (SSSR count). The number of halogens is 1. The molecule has 0 aliphatic heterocycles. The van der Waals surface area contributed by atoms with Crippen molar-refractivity contribution in [2.75, 3.05) is 10.6 Å². The van der Waals surface area contributed by atoms with Crippen LogP contribution in [0.3, 0.4) is 0 Å². The van der Waals surface area contributed by atoms with Crippen LogP contribution in [0.25, 0.3) is 0 Å². The number of carbonyl (C=O) groups is 3. The lowest BCUT2D eigenvalue weighted by Crippen LogP contribution is -2.13. The van der Waals surface area contributed by atoms with Gasteiger partial charge in [-0.3, -0.25) is 9.59 Å². The molecule has 0 radical (unpaired) electrons. The maximum atomic E-state index is 12.5. The highest BCUT2D eigenvalue weighted by Crippen LogP contribution is 2.27. The minimum absolute atomic E-state index is 0.193. The first kappa shape index (κ1) is 19.5. The van der Waals surface area contributed by atoms with Crippen LogP contribution in [0.1, 0.15) is 42.8 Å². The molecule has 0 bridgehead atoms. The lowest BCUT2D eigenvalue weighted by molar-refractivity contribution is -0.115. The number of nitrogens with one attached hydrogen (secondary N) is 2. The predicted molar refractivity (Wildman–Crippen MR) is 100 cm³/mol. The second-order valence-corrected chi connectivity index (χ2v) is 6.14. The van der Waals surface area contributed by atoms with E-state index in [2.05, 4.69) is 10.6 Å². The first-order valence-electron chi connectivity index (χ1n) is 7.92. The van der Waals surface area contributed by atoms with Gasteiger partial charge in [-0.1, -0.05) is 29.8 Å². The van der Waals surface area contributed by atoms with Gasteiger partial charge in [0.1, 0.15) is 6.10 Å². The molecule has 136 valence electrons. The zero-order valence-corrected chi connectivity index (χ0v) is 15.4. The van der Waals surface area contributed by atoms with Crippen molar-refractivity contribution in [1.29, 1.82) is 0 Å². The normalized spacial score (nSPS) is 11.4. The Morgan fingerprint density at radius 1 is 0.962 bits per heavy atom. The van der Waals surface area contributed by atoms with Crippen LogP contribution in [0, 0.1) is 0 Å². The minimum atomic E-state index is -0.601. The molecule has 0 saturated carbocycles. The molecule has 2 aromatic carbocycles.